The number of halogens is 1. The maximum Gasteiger partial charge on any atom is 0.273 e. The predicted octanol–water partition coefficient (Wildman–Crippen LogP) is 1.51. The minimum Gasteiger partial charge on any atom is -0.325 e. The lowest BCUT2D eigenvalue weighted by molar-refractivity contribution is -0.113. The molecule has 23 heavy (non-hydrogen) atoms. The van der Waals surface area contributed by atoms with E-state index < -0.39 is 0 Å². The predicted molar refractivity (Wildman–Crippen MR) is 86.9 cm³/mol. The van der Waals surface area contributed by atoms with Gasteiger partial charge in [0.2, 0.25) is 11.1 Å². The molecule has 0 saturated heterocycles. The molecule has 0 unspecified atom stereocenters. The van der Waals surface area contributed by atoms with Crippen molar-refractivity contribution in [2.45, 2.75) is 12.1 Å². The maximum atomic E-state index is 11.9. The maximum absolute atomic E-state index is 11.9. The summed E-state index contributed by atoms with van der Waals surface area (Å²) < 4.78 is 1.40. The van der Waals surface area contributed by atoms with Crippen molar-refractivity contribution in [1.29, 1.82) is 0 Å². The van der Waals surface area contributed by atoms with Gasteiger partial charge < -0.3 is 5.32 Å². The summed E-state index contributed by atoms with van der Waals surface area (Å²) in [5.41, 5.74) is 0.635. The Morgan fingerprint density at radius 2 is 2.09 bits per heavy atom. The van der Waals surface area contributed by atoms with Crippen molar-refractivity contribution in [2.24, 2.45) is 0 Å². The molecule has 8 nitrogen and oxygen atoms in total. The van der Waals surface area contributed by atoms with Crippen LogP contribution in [-0.4, -0.2) is 36.5 Å². The molecule has 0 aliphatic rings. The normalized spacial score (nSPS) is 10.9. The molecular weight excluding hydrogens is 340 g/mol. The van der Waals surface area contributed by atoms with E-state index in [9.17, 15) is 9.59 Å². The number of hydrogen-bond acceptors (Lipinski definition) is 6. The Morgan fingerprint density at radius 3 is 2.83 bits per heavy atom. The van der Waals surface area contributed by atoms with Crippen molar-refractivity contribution in [3.63, 3.8) is 0 Å². The summed E-state index contributed by atoms with van der Waals surface area (Å²) in [7, 11) is 0. The Morgan fingerprint density at radius 1 is 1.35 bits per heavy atom. The highest BCUT2D eigenvalue weighted by Crippen LogP contribution is 2.17. The summed E-state index contributed by atoms with van der Waals surface area (Å²) in [5.74, 6) is 0.167. The summed E-state index contributed by atoms with van der Waals surface area (Å²) in [6, 6.07) is 6.82. The van der Waals surface area contributed by atoms with Crippen LogP contribution in [0.2, 0.25) is 5.02 Å². The van der Waals surface area contributed by atoms with E-state index >= 15 is 0 Å². The van der Waals surface area contributed by atoms with Crippen LogP contribution in [0, 0.1) is 6.92 Å². The number of nitrogens with one attached hydrogen (secondary N) is 2. The molecule has 3 aromatic rings. The van der Waals surface area contributed by atoms with E-state index in [1.54, 1.807) is 31.2 Å². The van der Waals surface area contributed by atoms with Crippen LogP contribution in [0.15, 0.2) is 34.2 Å². The van der Waals surface area contributed by atoms with E-state index in [4.69, 9.17) is 11.6 Å². The first-order valence-electron chi connectivity index (χ1n) is 6.53. The van der Waals surface area contributed by atoms with Gasteiger partial charge in [0, 0.05) is 10.7 Å². The number of hydrogen-bond donors (Lipinski definition) is 2. The van der Waals surface area contributed by atoms with Gasteiger partial charge in [0.15, 0.2) is 0 Å². The van der Waals surface area contributed by atoms with Crippen LogP contribution in [-0.2, 0) is 4.79 Å². The van der Waals surface area contributed by atoms with E-state index in [0.29, 0.717) is 21.6 Å². The third-order valence-corrected chi connectivity index (χ3v) is 4.05. The standard InChI is InChI=1S/C13H11ClN6O2S/c1-7-11(22)16-12-17-18-13(20(12)19-7)23-6-10(21)15-9-4-2-8(14)3-5-9/h2-5H,6H2,1H3,(H,15,21)(H,16,17,22). The molecule has 2 aromatic heterocycles. The molecule has 0 fully saturated rings. The Hall–Kier alpha value is -2.39. The van der Waals surface area contributed by atoms with E-state index in [-0.39, 0.29) is 23.0 Å². The third kappa shape index (κ3) is 3.51. The van der Waals surface area contributed by atoms with Crippen LogP contribution >= 0.6 is 23.4 Å². The Bertz CT molecular complexity index is 920. The fourth-order valence-corrected chi connectivity index (χ4v) is 2.58. The molecule has 0 aliphatic carbocycles. The van der Waals surface area contributed by atoms with Crippen LogP contribution in [0.3, 0.4) is 0 Å². The number of benzene rings is 1. The number of H-pyrrole nitrogens is 1. The molecule has 118 valence electrons. The van der Waals surface area contributed by atoms with Gasteiger partial charge in [-0.1, -0.05) is 23.4 Å². The number of carbonyl (C=O) groups is 1. The third-order valence-electron chi connectivity index (χ3n) is 2.88. The molecule has 0 aliphatic heterocycles. The van der Waals surface area contributed by atoms with Gasteiger partial charge in [0.1, 0.15) is 5.69 Å². The van der Waals surface area contributed by atoms with E-state index in [1.165, 1.54) is 16.3 Å². The van der Waals surface area contributed by atoms with Crippen molar-refractivity contribution >= 4 is 40.7 Å². The molecule has 1 aromatic carbocycles. The first-order chi connectivity index (χ1) is 11.0. The molecule has 10 heteroatoms. The summed E-state index contributed by atoms with van der Waals surface area (Å²) in [4.78, 5) is 26.0. The fourth-order valence-electron chi connectivity index (χ4n) is 1.77. The quantitative estimate of drug-likeness (QED) is 0.691. The van der Waals surface area contributed by atoms with Gasteiger partial charge in [0.25, 0.3) is 11.3 Å². The smallest absolute Gasteiger partial charge is 0.273 e. The second-order valence-electron chi connectivity index (χ2n) is 4.60. The van der Waals surface area contributed by atoms with Crippen molar-refractivity contribution in [3.8, 4) is 0 Å². The number of amides is 1. The van der Waals surface area contributed by atoms with Gasteiger partial charge >= 0.3 is 0 Å². The Labute approximate surface area is 139 Å². The SMILES string of the molecule is Cc1nn2c(SCC(=O)Nc3ccc(Cl)cc3)nnc2[nH]c1=O. The second kappa shape index (κ2) is 6.39. The van der Waals surface area contributed by atoms with Crippen LogP contribution in [0.4, 0.5) is 5.69 Å². The zero-order valence-corrected chi connectivity index (χ0v) is 13.5. The molecule has 0 saturated carbocycles. The molecule has 2 N–H and O–H groups in total. The molecule has 1 amide bonds. The Kier molecular flexibility index (Phi) is 4.30. The van der Waals surface area contributed by atoms with Gasteiger partial charge in [-0.3, -0.25) is 14.6 Å². The fraction of sp³-hybridized carbons (Fsp3) is 0.154. The number of aromatic amines is 1. The highest BCUT2D eigenvalue weighted by molar-refractivity contribution is 7.99. The molecule has 0 spiro atoms. The second-order valence-corrected chi connectivity index (χ2v) is 5.98. The number of rotatable bonds is 4. The number of thioether (sulfide) groups is 1. The minimum absolute atomic E-state index is 0.128. The largest absolute Gasteiger partial charge is 0.325 e. The van der Waals surface area contributed by atoms with Crippen LogP contribution in [0.25, 0.3) is 5.78 Å². The number of fused-ring (bicyclic) bond motifs is 1. The Balaban J connectivity index is 1.68. The van der Waals surface area contributed by atoms with Crippen molar-refractivity contribution in [2.75, 3.05) is 11.1 Å². The molecule has 0 atom stereocenters. The first-order valence-corrected chi connectivity index (χ1v) is 7.90. The van der Waals surface area contributed by atoms with Crippen LogP contribution in [0.5, 0.6) is 0 Å². The van der Waals surface area contributed by atoms with E-state index in [2.05, 4.69) is 25.6 Å². The minimum atomic E-state index is -0.318. The number of aryl methyl sites for hydroxylation is 1. The number of nitrogens with zero attached hydrogens (tertiary/aromatic N) is 4. The highest BCUT2D eigenvalue weighted by Gasteiger charge is 2.12. The van der Waals surface area contributed by atoms with E-state index in [1.807, 2.05) is 0 Å². The number of anilines is 1. The molecule has 2 heterocycles. The molecule has 0 bridgehead atoms. The van der Waals surface area contributed by atoms with Gasteiger partial charge in [-0.2, -0.15) is 9.61 Å². The molecular formula is C13H11ClN6O2S. The van der Waals surface area contributed by atoms with Crippen LogP contribution < -0.4 is 10.9 Å². The first kappa shape index (κ1) is 15.5. The average Bonchev–Trinajstić information content (AvgIpc) is 2.90. The van der Waals surface area contributed by atoms with Gasteiger partial charge in [-0.05, 0) is 31.2 Å². The zero-order chi connectivity index (χ0) is 16.4. The monoisotopic (exact) mass is 350 g/mol. The topological polar surface area (TPSA) is 105 Å². The van der Waals surface area contributed by atoms with Gasteiger partial charge in [-0.15, -0.1) is 10.2 Å². The van der Waals surface area contributed by atoms with Gasteiger partial charge in [0.05, 0.1) is 5.75 Å². The molecule has 0 radical (unpaired) electrons. The zero-order valence-electron chi connectivity index (χ0n) is 11.9. The van der Waals surface area contributed by atoms with Gasteiger partial charge in [-0.25, -0.2) is 0 Å². The van der Waals surface area contributed by atoms with Crippen molar-refractivity contribution in [3.05, 3.63) is 45.3 Å². The summed E-state index contributed by atoms with van der Waals surface area (Å²) in [5, 5.41) is 15.6. The summed E-state index contributed by atoms with van der Waals surface area (Å²) in [6.45, 7) is 1.58. The molecule has 3 rings (SSSR count). The summed E-state index contributed by atoms with van der Waals surface area (Å²) >= 11 is 6.96. The number of aromatic nitrogens is 5. The average molecular weight is 351 g/mol. The lowest BCUT2D eigenvalue weighted by Crippen LogP contribution is -2.16. The lowest BCUT2D eigenvalue weighted by atomic mass is 10.3. The summed E-state index contributed by atoms with van der Waals surface area (Å²) in [6.07, 6.45) is 0. The van der Waals surface area contributed by atoms with Crippen molar-refractivity contribution in [1.82, 2.24) is 24.8 Å². The van der Waals surface area contributed by atoms with Crippen molar-refractivity contribution < 1.29 is 4.79 Å². The lowest BCUT2D eigenvalue weighted by Gasteiger charge is -2.04. The highest BCUT2D eigenvalue weighted by atomic mass is 35.5. The van der Waals surface area contributed by atoms with E-state index in [0.717, 1.165) is 0 Å². The number of carbonyl (C=O) groups excluding carboxylic acids is 1. The van der Waals surface area contributed by atoms with Crippen LogP contribution in [0.1, 0.15) is 5.69 Å².